The van der Waals surface area contributed by atoms with Crippen LogP contribution in [0.25, 0.3) is 0 Å². The standard InChI is InChI=1S/C2H7BN2O/c1-3-2(4)5-6/h3,6H,1H3,(H2,4,5). The van der Waals surface area contributed by atoms with Gasteiger partial charge in [0.2, 0.25) is 7.28 Å². The summed E-state index contributed by atoms with van der Waals surface area (Å²) in [6, 6.07) is 0. The highest BCUT2D eigenvalue weighted by molar-refractivity contribution is 6.73. The van der Waals surface area contributed by atoms with E-state index in [4.69, 9.17) is 10.9 Å². The first-order valence-corrected chi connectivity index (χ1v) is 1.77. The van der Waals surface area contributed by atoms with E-state index in [9.17, 15) is 0 Å². The van der Waals surface area contributed by atoms with Gasteiger partial charge < -0.3 is 10.9 Å². The van der Waals surface area contributed by atoms with Gasteiger partial charge >= 0.3 is 0 Å². The van der Waals surface area contributed by atoms with Gasteiger partial charge in [0.1, 0.15) is 0 Å². The van der Waals surface area contributed by atoms with Gasteiger partial charge in [0, 0.05) is 0 Å². The van der Waals surface area contributed by atoms with Gasteiger partial charge in [-0.3, -0.25) is 0 Å². The Balaban J connectivity index is 3.22. The molecule has 0 aliphatic carbocycles. The van der Waals surface area contributed by atoms with Crippen molar-refractivity contribution in [2.24, 2.45) is 10.9 Å². The van der Waals surface area contributed by atoms with Crippen LogP contribution in [-0.4, -0.2) is 18.2 Å². The molecule has 0 rings (SSSR count). The lowest BCUT2D eigenvalue weighted by atomic mass is 9.81. The lowest BCUT2D eigenvalue weighted by molar-refractivity contribution is 0.320. The molecule has 0 aromatic carbocycles. The summed E-state index contributed by atoms with van der Waals surface area (Å²) >= 11 is 0. The van der Waals surface area contributed by atoms with Crippen molar-refractivity contribution in [2.75, 3.05) is 0 Å². The smallest absolute Gasteiger partial charge is 0.205 e. The highest BCUT2D eigenvalue weighted by Gasteiger charge is 1.82. The molecular formula is C2H7BN2O. The van der Waals surface area contributed by atoms with Crippen molar-refractivity contribution in [2.45, 2.75) is 6.82 Å². The van der Waals surface area contributed by atoms with Gasteiger partial charge in [-0.15, -0.1) is 0 Å². The molecule has 0 fully saturated rings. The third-order valence-corrected chi connectivity index (χ3v) is 0.491. The Morgan fingerprint density at radius 2 is 2.50 bits per heavy atom. The summed E-state index contributed by atoms with van der Waals surface area (Å²) in [5, 5.41) is 10.5. The van der Waals surface area contributed by atoms with Crippen LogP contribution in [0.3, 0.4) is 0 Å². The van der Waals surface area contributed by atoms with Crippen LogP contribution in [-0.2, 0) is 0 Å². The van der Waals surface area contributed by atoms with E-state index in [-0.39, 0.29) is 5.73 Å². The summed E-state index contributed by atoms with van der Waals surface area (Å²) in [6.45, 7) is 1.81. The van der Waals surface area contributed by atoms with Gasteiger partial charge in [-0.1, -0.05) is 12.0 Å². The minimum absolute atomic E-state index is 0.273. The number of hydrogen-bond acceptors (Lipinski definition) is 2. The van der Waals surface area contributed by atoms with Crippen LogP contribution in [0.15, 0.2) is 5.16 Å². The topological polar surface area (TPSA) is 58.6 Å². The Hall–Kier alpha value is -0.665. The molecular weight excluding hydrogens is 78.8 g/mol. The Bertz CT molecular complexity index is 62.6. The first-order chi connectivity index (χ1) is 2.81. The third kappa shape index (κ3) is 1.63. The zero-order chi connectivity index (χ0) is 4.99. The lowest BCUT2D eigenvalue weighted by Gasteiger charge is -1.81. The summed E-state index contributed by atoms with van der Waals surface area (Å²) in [4.78, 5) is 0. The zero-order valence-corrected chi connectivity index (χ0v) is 3.68. The largest absolute Gasteiger partial charge is 0.410 e. The maximum atomic E-state index is 7.80. The molecule has 0 saturated heterocycles. The Kier molecular flexibility index (Phi) is 2.28. The van der Waals surface area contributed by atoms with Crippen molar-refractivity contribution >= 4 is 13.0 Å². The van der Waals surface area contributed by atoms with Gasteiger partial charge in [-0.25, -0.2) is 0 Å². The van der Waals surface area contributed by atoms with Crippen molar-refractivity contribution in [1.82, 2.24) is 0 Å². The molecule has 0 aromatic rings. The highest BCUT2D eigenvalue weighted by Crippen LogP contribution is 1.56. The van der Waals surface area contributed by atoms with Crippen LogP contribution in [0.1, 0.15) is 0 Å². The molecule has 0 bridgehead atoms. The fraction of sp³-hybridized carbons (Fsp3) is 0.500. The summed E-state index contributed by atoms with van der Waals surface area (Å²) in [6.07, 6.45) is 0. The van der Waals surface area contributed by atoms with Gasteiger partial charge in [0.05, 0.1) is 5.73 Å². The molecule has 34 valence electrons. The molecule has 0 amide bonds. The van der Waals surface area contributed by atoms with Crippen LogP contribution in [0.5, 0.6) is 0 Å². The van der Waals surface area contributed by atoms with E-state index < -0.39 is 0 Å². The van der Waals surface area contributed by atoms with Crippen molar-refractivity contribution in [3.8, 4) is 0 Å². The lowest BCUT2D eigenvalue weighted by Crippen LogP contribution is -2.16. The molecule has 0 saturated carbocycles. The van der Waals surface area contributed by atoms with E-state index in [1.807, 2.05) is 6.82 Å². The number of rotatable bonds is 1. The molecule has 0 radical (unpaired) electrons. The van der Waals surface area contributed by atoms with E-state index in [0.29, 0.717) is 7.28 Å². The molecule has 0 aliphatic heterocycles. The predicted octanol–water partition coefficient (Wildman–Crippen LogP) is -0.825. The quantitative estimate of drug-likeness (QED) is 0.144. The normalized spacial score (nSPS) is 11.2. The fourth-order valence-corrected chi connectivity index (χ4v) is 0.0707. The highest BCUT2D eigenvalue weighted by atomic mass is 16.4. The van der Waals surface area contributed by atoms with E-state index >= 15 is 0 Å². The average Bonchev–Trinajstić information content (AvgIpc) is 1.65. The minimum Gasteiger partial charge on any atom is -0.410 e. The number of nitrogens with two attached hydrogens (primary N) is 1. The van der Waals surface area contributed by atoms with Gasteiger partial charge in [0.15, 0.2) is 0 Å². The van der Waals surface area contributed by atoms with Crippen LogP contribution < -0.4 is 5.73 Å². The van der Waals surface area contributed by atoms with Crippen LogP contribution >= 0.6 is 0 Å². The minimum atomic E-state index is 0.273. The molecule has 0 unspecified atom stereocenters. The Morgan fingerprint density at radius 1 is 2.00 bits per heavy atom. The van der Waals surface area contributed by atoms with Crippen molar-refractivity contribution < 1.29 is 5.21 Å². The number of hydrogen-bond donors (Lipinski definition) is 2. The SMILES string of the molecule is CB/C(N)=N/O. The average molecular weight is 85.9 g/mol. The van der Waals surface area contributed by atoms with Crippen molar-refractivity contribution in [1.29, 1.82) is 0 Å². The van der Waals surface area contributed by atoms with Crippen molar-refractivity contribution in [3.63, 3.8) is 0 Å². The summed E-state index contributed by atoms with van der Waals surface area (Å²) in [7, 11) is 0.608. The second kappa shape index (κ2) is 2.57. The number of oxime groups is 1. The monoisotopic (exact) mass is 86.1 g/mol. The van der Waals surface area contributed by atoms with Gasteiger partial charge in [-0.05, 0) is 0 Å². The second-order valence-electron chi connectivity index (χ2n) is 0.945. The summed E-state index contributed by atoms with van der Waals surface area (Å²) in [5.41, 5.74) is 5.25. The van der Waals surface area contributed by atoms with E-state index in [0.717, 1.165) is 0 Å². The van der Waals surface area contributed by atoms with E-state index in [1.54, 1.807) is 0 Å². The Morgan fingerprint density at radius 3 is 2.50 bits per heavy atom. The third-order valence-electron chi connectivity index (χ3n) is 0.491. The molecule has 3 N–H and O–H groups in total. The zero-order valence-electron chi connectivity index (χ0n) is 3.68. The summed E-state index contributed by atoms with van der Waals surface area (Å²) < 4.78 is 0. The maximum absolute atomic E-state index is 7.80. The first kappa shape index (κ1) is 5.33. The molecule has 0 heterocycles. The summed E-state index contributed by atoms with van der Waals surface area (Å²) in [5.74, 6) is 0. The molecule has 4 heteroatoms. The Labute approximate surface area is 37.1 Å². The number of nitrogens with zero attached hydrogens (tertiary/aromatic N) is 1. The predicted molar refractivity (Wildman–Crippen MR) is 26.4 cm³/mol. The second-order valence-corrected chi connectivity index (χ2v) is 0.945. The molecule has 0 aliphatic rings. The molecule has 6 heavy (non-hydrogen) atoms. The van der Waals surface area contributed by atoms with Gasteiger partial charge in [0.25, 0.3) is 0 Å². The van der Waals surface area contributed by atoms with Crippen LogP contribution in [0.4, 0.5) is 0 Å². The molecule has 0 atom stereocenters. The number of amidine groups is 1. The van der Waals surface area contributed by atoms with E-state index in [2.05, 4.69) is 5.16 Å². The van der Waals surface area contributed by atoms with E-state index in [1.165, 1.54) is 0 Å². The van der Waals surface area contributed by atoms with Crippen molar-refractivity contribution in [3.05, 3.63) is 0 Å². The van der Waals surface area contributed by atoms with Gasteiger partial charge in [-0.2, -0.15) is 0 Å². The van der Waals surface area contributed by atoms with Crippen LogP contribution in [0.2, 0.25) is 6.82 Å². The molecule has 3 nitrogen and oxygen atoms in total. The first-order valence-electron chi connectivity index (χ1n) is 1.77. The van der Waals surface area contributed by atoms with Crippen LogP contribution in [0, 0.1) is 0 Å². The molecule has 0 aromatic heterocycles. The maximum Gasteiger partial charge on any atom is 0.205 e. The fourth-order valence-electron chi connectivity index (χ4n) is 0.0707. The molecule has 0 spiro atoms.